The topological polar surface area (TPSA) is 92.8 Å². The Balaban J connectivity index is 1.35. The van der Waals surface area contributed by atoms with Gasteiger partial charge in [-0.2, -0.15) is 0 Å². The quantitative estimate of drug-likeness (QED) is 0.551. The first-order chi connectivity index (χ1) is 15.7. The maximum Gasteiger partial charge on any atom is 0.338 e. The number of hydrogen-bond donors (Lipinski definition) is 1. The van der Waals surface area contributed by atoms with Crippen molar-refractivity contribution in [3.63, 3.8) is 0 Å². The smallest absolute Gasteiger partial charge is 0.338 e. The summed E-state index contributed by atoms with van der Waals surface area (Å²) in [5.74, 6) is -1.46. The Morgan fingerprint density at radius 1 is 0.970 bits per heavy atom. The molecule has 2 fully saturated rings. The fourth-order valence-corrected chi connectivity index (χ4v) is 4.62. The fraction of sp³-hybridized carbons (Fsp3) is 0.385. The molecular weight excluding hydrogens is 420 g/mol. The number of nitrogens with zero attached hydrogens (tertiary/aromatic N) is 1. The van der Waals surface area contributed by atoms with E-state index in [4.69, 9.17) is 4.74 Å². The Morgan fingerprint density at radius 2 is 1.67 bits per heavy atom. The van der Waals surface area contributed by atoms with Gasteiger partial charge in [-0.15, -0.1) is 0 Å². The van der Waals surface area contributed by atoms with E-state index in [-0.39, 0.29) is 29.2 Å². The van der Waals surface area contributed by atoms with Gasteiger partial charge >= 0.3 is 5.97 Å². The average molecular weight is 449 g/mol. The minimum Gasteiger partial charge on any atom is -0.452 e. The second-order valence-electron chi connectivity index (χ2n) is 9.11. The highest BCUT2D eigenvalue weighted by Crippen LogP contribution is 2.42. The summed E-state index contributed by atoms with van der Waals surface area (Å²) in [7, 11) is 0. The van der Waals surface area contributed by atoms with E-state index < -0.39 is 18.5 Å². The van der Waals surface area contributed by atoms with E-state index in [2.05, 4.69) is 12.2 Å². The minimum absolute atomic E-state index is 0.157. The zero-order chi connectivity index (χ0) is 23.7. The molecular formula is C26H28N2O5. The summed E-state index contributed by atoms with van der Waals surface area (Å²) in [4.78, 5) is 51.4. The van der Waals surface area contributed by atoms with Crippen molar-refractivity contribution in [2.45, 2.75) is 40.0 Å². The second-order valence-corrected chi connectivity index (χ2v) is 9.11. The van der Waals surface area contributed by atoms with Gasteiger partial charge in [0.05, 0.1) is 23.1 Å². The van der Waals surface area contributed by atoms with Crippen LogP contribution in [0.15, 0.2) is 42.5 Å². The van der Waals surface area contributed by atoms with Gasteiger partial charge in [-0.3, -0.25) is 19.3 Å². The lowest BCUT2D eigenvalue weighted by molar-refractivity contribution is -0.122. The molecule has 1 aliphatic carbocycles. The molecule has 1 aliphatic heterocycles. The number of aryl methyl sites for hydroxylation is 2. The highest BCUT2D eigenvalue weighted by molar-refractivity contribution is 6.22. The first kappa shape index (κ1) is 22.7. The van der Waals surface area contributed by atoms with Gasteiger partial charge in [0.2, 0.25) is 11.8 Å². The number of carbonyl (C=O) groups excluding carboxylic acids is 4. The van der Waals surface area contributed by atoms with Gasteiger partial charge in [0.25, 0.3) is 5.91 Å². The molecule has 1 N–H and O–H groups in total. The molecule has 2 aromatic carbocycles. The fourth-order valence-electron chi connectivity index (χ4n) is 4.62. The van der Waals surface area contributed by atoms with Crippen LogP contribution >= 0.6 is 0 Å². The van der Waals surface area contributed by atoms with Crippen LogP contribution in [0.1, 0.15) is 47.7 Å². The van der Waals surface area contributed by atoms with Crippen LogP contribution in [0.5, 0.6) is 0 Å². The van der Waals surface area contributed by atoms with Crippen molar-refractivity contribution in [2.24, 2.45) is 17.8 Å². The van der Waals surface area contributed by atoms with Crippen molar-refractivity contribution in [2.75, 3.05) is 16.8 Å². The van der Waals surface area contributed by atoms with Crippen molar-refractivity contribution in [1.29, 1.82) is 0 Å². The summed E-state index contributed by atoms with van der Waals surface area (Å²) in [6, 6.07) is 11.7. The number of carbonyl (C=O) groups is 4. The van der Waals surface area contributed by atoms with Crippen molar-refractivity contribution in [3.8, 4) is 0 Å². The molecule has 1 saturated carbocycles. The maximum atomic E-state index is 12.9. The Labute approximate surface area is 193 Å². The number of hydrogen-bond acceptors (Lipinski definition) is 5. The van der Waals surface area contributed by atoms with Crippen LogP contribution in [0, 0.1) is 31.6 Å². The molecule has 0 radical (unpaired) electrons. The summed E-state index contributed by atoms with van der Waals surface area (Å²) >= 11 is 0. The first-order valence-electron chi connectivity index (χ1n) is 11.3. The lowest BCUT2D eigenvalue weighted by Gasteiger charge is -2.25. The van der Waals surface area contributed by atoms with Gasteiger partial charge in [-0.1, -0.05) is 13.0 Å². The van der Waals surface area contributed by atoms with E-state index in [1.807, 2.05) is 26.0 Å². The lowest BCUT2D eigenvalue weighted by atomic mass is 9.76. The summed E-state index contributed by atoms with van der Waals surface area (Å²) in [5, 5.41) is 2.70. The Hall–Kier alpha value is -3.48. The van der Waals surface area contributed by atoms with Gasteiger partial charge in [0.15, 0.2) is 6.61 Å². The van der Waals surface area contributed by atoms with Gasteiger partial charge < -0.3 is 10.1 Å². The lowest BCUT2D eigenvalue weighted by Crippen LogP contribution is -2.30. The van der Waals surface area contributed by atoms with Crippen LogP contribution in [0.4, 0.5) is 11.4 Å². The third kappa shape index (κ3) is 4.67. The zero-order valence-electron chi connectivity index (χ0n) is 19.1. The zero-order valence-corrected chi connectivity index (χ0v) is 19.1. The molecule has 1 saturated heterocycles. The molecule has 2 aromatic rings. The third-order valence-corrected chi connectivity index (χ3v) is 6.67. The highest BCUT2D eigenvalue weighted by atomic mass is 16.5. The molecule has 7 heteroatoms. The molecule has 0 spiro atoms. The predicted molar refractivity (Wildman–Crippen MR) is 124 cm³/mol. The van der Waals surface area contributed by atoms with Crippen molar-refractivity contribution in [3.05, 3.63) is 59.2 Å². The van der Waals surface area contributed by atoms with Crippen molar-refractivity contribution < 1.29 is 23.9 Å². The van der Waals surface area contributed by atoms with Crippen LogP contribution < -0.4 is 10.2 Å². The molecule has 3 amide bonds. The largest absolute Gasteiger partial charge is 0.452 e. The van der Waals surface area contributed by atoms with Crippen LogP contribution in [-0.4, -0.2) is 30.3 Å². The molecule has 0 aromatic heterocycles. The molecule has 33 heavy (non-hydrogen) atoms. The number of ether oxygens (including phenoxy) is 1. The number of benzene rings is 2. The summed E-state index contributed by atoms with van der Waals surface area (Å²) in [6.07, 6.45) is 2.43. The molecule has 3 atom stereocenters. The number of rotatable bonds is 5. The van der Waals surface area contributed by atoms with E-state index >= 15 is 0 Å². The number of anilines is 2. The predicted octanol–water partition coefficient (Wildman–Crippen LogP) is 4.02. The monoisotopic (exact) mass is 448 g/mol. The Kier molecular flexibility index (Phi) is 6.31. The second kappa shape index (κ2) is 9.17. The number of esters is 1. The third-order valence-electron chi connectivity index (χ3n) is 6.67. The number of fused-ring (bicyclic) bond motifs is 1. The molecule has 2 aliphatic rings. The summed E-state index contributed by atoms with van der Waals surface area (Å²) in [6.45, 7) is 5.63. The number of imide groups is 1. The Morgan fingerprint density at radius 3 is 2.36 bits per heavy atom. The first-order valence-corrected chi connectivity index (χ1v) is 11.3. The van der Waals surface area contributed by atoms with Crippen molar-refractivity contribution in [1.82, 2.24) is 0 Å². The maximum absolute atomic E-state index is 12.9. The van der Waals surface area contributed by atoms with E-state index in [0.717, 1.165) is 30.4 Å². The molecule has 7 nitrogen and oxygen atoms in total. The number of amides is 3. The van der Waals surface area contributed by atoms with Gasteiger partial charge in [0.1, 0.15) is 0 Å². The Bertz CT molecular complexity index is 1110. The van der Waals surface area contributed by atoms with E-state index in [9.17, 15) is 19.2 Å². The molecule has 4 rings (SSSR count). The van der Waals surface area contributed by atoms with E-state index in [1.54, 1.807) is 18.2 Å². The van der Waals surface area contributed by atoms with Gasteiger partial charge in [0, 0.05) is 5.69 Å². The van der Waals surface area contributed by atoms with Gasteiger partial charge in [-0.05, 0) is 86.6 Å². The van der Waals surface area contributed by atoms with Crippen LogP contribution in [0.3, 0.4) is 0 Å². The SMILES string of the molecule is Cc1ccc(NC(=O)COC(=O)c2ccc(N3C(=O)[C@@H]4CC[C@H](C)C[C@H]4C3=O)cc2)cc1C. The molecule has 0 unspecified atom stereocenters. The van der Waals surface area contributed by atoms with Crippen molar-refractivity contribution >= 4 is 35.1 Å². The summed E-state index contributed by atoms with van der Waals surface area (Å²) < 4.78 is 5.11. The number of nitrogens with one attached hydrogen (secondary N) is 1. The van der Waals surface area contributed by atoms with Crippen LogP contribution in [0.25, 0.3) is 0 Å². The minimum atomic E-state index is -0.654. The molecule has 1 heterocycles. The van der Waals surface area contributed by atoms with E-state index in [0.29, 0.717) is 17.3 Å². The van der Waals surface area contributed by atoms with Crippen LogP contribution in [0.2, 0.25) is 0 Å². The average Bonchev–Trinajstić information content (AvgIpc) is 3.04. The summed E-state index contributed by atoms with van der Waals surface area (Å²) in [5.41, 5.74) is 3.50. The highest BCUT2D eigenvalue weighted by Gasteiger charge is 2.49. The standard InChI is InChI=1S/C26H28N2O5/c1-15-4-11-21-22(12-15)25(31)28(24(21)30)20-9-6-18(7-10-20)26(32)33-14-23(29)27-19-8-5-16(2)17(3)13-19/h5-10,13,15,21-22H,4,11-12,14H2,1-3H3,(H,27,29)/t15-,21+,22+/m0/s1. The molecule has 172 valence electrons. The van der Waals surface area contributed by atoms with E-state index in [1.165, 1.54) is 17.0 Å². The normalized spacial score (nSPS) is 22.2. The van der Waals surface area contributed by atoms with Crippen LogP contribution in [-0.2, 0) is 19.1 Å². The molecule has 0 bridgehead atoms. The van der Waals surface area contributed by atoms with Gasteiger partial charge in [-0.25, -0.2) is 4.79 Å².